The molecular formula is C21H21N3O2S2. The number of hydrogen-bond donors (Lipinski definition) is 1. The molecule has 3 rings (SSSR count). The first kappa shape index (κ1) is 20.1. The molecule has 28 heavy (non-hydrogen) atoms. The molecule has 3 aromatic rings. The van der Waals surface area contributed by atoms with Gasteiger partial charge in [0, 0.05) is 10.9 Å². The fourth-order valence-electron chi connectivity index (χ4n) is 2.31. The van der Waals surface area contributed by atoms with Crippen molar-refractivity contribution in [3.63, 3.8) is 0 Å². The van der Waals surface area contributed by atoms with E-state index in [1.807, 2.05) is 73.8 Å². The Bertz CT molecular complexity index is 922. The van der Waals surface area contributed by atoms with E-state index in [0.29, 0.717) is 0 Å². The number of thioether (sulfide) groups is 1. The van der Waals surface area contributed by atoms with Crippen LogP contribution in [0.5, 0.6) is 5.75 Å². The Kier molecular flexibility index (Phi) is 7.22. The summed E-state index contributed by atoms with van der Waals surface area (Å²) in [6, 6.07) is 17.5. The molecule has 0 saturated heterocycles. The number of thiazole rings is 1. The van der Waals surface area contributed by atoms with Crippen LogP contribution in [0, 0.1) is 0 Å². The summed E-state index contributed by atoms with van der Waals surface area (Å²) in [5.74, 6) is 0.906. The van der Waals surface area contributed by atoms with Crippen LogP contribution in [-0.4, -0.2) is 29.0 Å². The van der Waals surface area contributed by atoms with E-state index in [1.165, 1.54) is 23.1 Å². The van der Waals surface area contributed by atoms with Gasteiger partial charge in [-0.1, -0.05) is 42.1 Å². The third kappa shape index (κ3) is 6.21. The zero-order chi connectivity index (χ0) is 19.8. The van der Waals surface area contributed by atoms with Gasteiger partial charge in [-0.15, -0.1) is 11.3 Å². The highest BCUT2D eigenvalue weighted by molar-refractivity contribution is 8.01. The molecule has 1 aromatic heterocycles. The van der Waals surface area contributed by atoms with E-state index in [1.54, 1.807) is 6.21 Å². The molecule has 0 bridgehead atoms. The van der Waals surface area contributed by atoms with Crippen molar-refractivity contribution in [1.29, 1.82) is 0 Å². The molecular weight excluding hydrogens is 390 g/mol. The lowest BCUT2D eigenvalue weighted by atomic mass is 10.2. The molecule has 5 nitrogen and oxygen atoms in total. The van der Waals surface area contributed by atoms with Gasteiger partial charge in [-0.3, -0.25) is 4.79 Å². The topological polar surface area (TPSA) is 63.6 Å². The van der Waals surface area contributed by atoms with Crippen LogP contribution in [-0.2, 0) is 4.79 Å². The van der Waals surface area contributed by atoms with Crippen molar-refractivity contribution in [2.45, 2.75) is 24.3 Å². The fraction of sp³-hybridized carbons (Fsp3) is 0.190. The summed E-state index contributed by atoms with van der Waals surface area (Å²) < 4.78 is 6.45. The average Bonchev–Trinajstić information content (AvgIpc) is 3.17. The zero-order valence-corrected chi connectivity index (χ0v) is 17.3. The van der Waals surface area contributed by atoms with Crippen LogP contribution < -0.4 is 10.2 Å². The molecule has 1 amide bonds. The molecule has 0 fully saturated rings. The van der Waals surface area contributed by atoms with Gasteiger partial charge in [0.15, 0.2) is 4.34 Å². The second-order valence-electron chi connectivity index (χ2n) is 6.18. The number of carbonyl (C=O) groups excluding carboxylic acids is 1. The number of nitrogens with one attached hydrogen (secondary N) is 1. The Labute approximate surface area is 172 Å². The van der Waals surface area contributed by atoms with Crippen LogP contribution in [0.1, 0.15) is 19.4 Å². The van der Waals surface area contributed by atoms with Crippen LogP contribution >= 0.6 is 23.1 Å². The summed E-state index contributed by atoms with van der Waals surface area (Å²) in [6.45, 7) is 3.97. The van der Waals surface area contributed by atoms with Crippen LogP contribution in [0.4, 0.5) is 0 Å². The molecule has 0 saturated carbocycles. The van der Waals surface area contributed by atoms with Gasteiger partial charge in [0.1, 0.15) is 5.75 Å². The van der Waals surface area contributed by atoms with Crippen molar-refractivity contribution in [3.05, 3.63) is 65.5 Å². The van der Waals surface area contributed by atoms with Gasteiger partial charge in [0.25, 0.3) is 5.91 Å². The lowest BCUT2D eigenvalue weighted by Gasteiger charge is -2.09. The Morgan fingerprint density at radius 1 is 1.21 bits per heavy atom. The minimum atomic E-state index is -0.169. The molecule has 0 radical (unpaired) electrons. The maximum Gasteiger partial charge on any atom is 0.250 e. The van der Waals surface area contributed by atoms with Gasteiger partial charge in [0.2, 0.25) is 0 Å². The maximum absolute atomic E-state index is 12.0. The second kappa shape index (κ2) is 10.1. The van der Waals surface area contributed by atoms with Crippen molar-refractivity contribution < 1.29 is 9.53 Å². The number of aromatic nitrogens is 1. The first-order valence-electron chi connectivity index (χ1n) is 8.82. The standard InChI is InChI=1S/C21H21N3O2S2/c1-15(2)26-18-10-8-16(9-11-18)12-22-24-20(25)14-28-21-23-19(13-27-21)17-6-4-3-5-7-17/h3-13,15H,14H2,1-2H3,(H,24,25)/b22-12+. The first-order valence-corrected chi connectivity index (χ1v) is 10.7. The highest BCUT2D eigenvalue weighted by Crippen LogP contribution is 2.27. The number of hydrazone groups is 1. The predicted molar refractivity (Wildman–Crippen MR) is 116 cm³/mol. The fourth-order valence-corrected chi connectivity index (χ4v) is 3.94. The molecule has 0 unspecified atom stereocenters. The summed E-state index contributed by atoms with van der Waals surface area (Å²) >= 11 is 2.94. The van der Waals surface area contributed by atoms with E-state index in [0.717, 1.165) is 26.9 Å². The summed E-state index contributed by atoms with van der Waals surface area (Å²) in [6.07, 6.45) is 1.75. The SMILES string of the molecule is CC(C)Oc1ccc(/C=N/NC(=O)CSc2nc(-c3ccccc3)cs2)cc1. The largest absolute Gasteiger partial charge is 0.491 e. The van der Waals surface area contributed by atoms with Gasteiger partial charge in [-0.25, -0.2) is 10.4 Å². The number of amides is 1. The number of ether oxygens (including phenoxy) is 1. The number of benzene rings is 2. The molecule has 2 aromatic carbocycles. The minimum Gasteiger partial charge on any atom is -0.491 e. The van der Waals surface area contributed by atoms with Crippen LogP contribution in [0.3, 0.4) is 0 Å². The van der Waals surface area contributed by atoms with Gasteiger partial charge in [0.05, 0.1) is 23.8 Å². The van der Waals surface area contributed by atoms with E-state index in [9.17, 15) is 4.79 Å². The van der Waals surface area contributed by atoms with Crippen molar-refractivity contribution >= 4 is 35.2 Å². The van der Waals surface area contributed by atoms with Crippen molar-refractivity contribution in [2.24, 2.45) is 5.10 Å². The van der Waals surface area contributed by atoms with Gasteiger partial charge < -0.3 is 4.74 Å². The molecule has 0 atom stereocenters. The summed E-state index contributed by atoms with van der Waals surface area (Å²) in [5, 5.41) is 6.00. The van der Waals surface area contributed by atoms with Gasteiger partial charge >= 0.3 is 0 Å². The second-order valence-corrected chi connectivity index (χ2v) is 8.26. The van der Waals surface area contributed by atoms with Gasteiger partial charge in [-0.05, 0) is 43.7 Å². The van der Waals surface area contributed by atoms with E-state index in [2.05, 4.69) is 15.5 Å². The van der Waals surface area contributed by atoms with E-state index in [-0.39, 0.29) is 17.8 Å². The Balaban J connectivity index is 1.44. The monoisotopic (exact) mass is 411 g/mol. The van der Waals surface area contributed by atoms with Gasteiger partial charge in [-0.2, -0.15) is 5.10 Å². The van der Waals surface area contributed by atoms with E-state index < -0.39 is 0 Å². The summed E-state index contributed by atoms with van der Waals surface area (Å²) in [4.78, 5) is 16.5. The lowest BCUT2D eigenvalue weighted by molar-refractivity contribution is -0.118. The number of hydrogen-bond acceptors (Lipinski definition) is 6. The van der Waals surface area contributed by atoms with E-state index >= 15 is 0 Å². The molecule has 7 heteroatoms. The average molecular weight is 412 g/mol. The smallest absolute Gasteiger partial charge is 0.250 e. The van der Waals surface area contributed by atoms with Crippen molar-refractivity contribution in [1.82, 2.24) is 10.4 Å². The number of nitrogens with zero attached hydrogens (tertiary/aromatic N) is 2. The summed E-state index contributed by atoms with van der Waals surface area (Å²) in [5.41, 5.74) is 5.43. The zero-order valence-electron chi connectivity index (χ0n) is 15.7. The van der Waals surface area contributed by atoms with Crippen molar-refractivity contribution in [2.75, 3.05) is 5.75 Å². The van der Waals surface area contributed by atoms with Crippen LogP contribution in [0.15, 0.2) is 69.4 Å². The first-order chi connectivity index (χ1) is 13.6. The lowest BCUT2D eigenvalue weighted by Crippen LogP contribution is -2.19. The quantitative estimate of drug-likeness (QED) is 0.327. The number of carbonyl (C=O) groups is 1. The Morgan fingerprint density at radius 2 is 1.96 bits per heavy atom. The number of rotatable bonds is 8. The molecule has 0 aliphatic heterocycles. The molecule has 1 N–H and O–H groups in total. The Hall–Kier alpha value is -2.64. The third-order valence-corrected chi connectivity index (χ3v) is 5.56. The van der Waals surface area contributed by atoms with E-state index in [4.69, 9.17) is 4.74 Å². The molecule has 0 aliphatic carbocycles. The minimum absolute atomic E-state index is 0.137. The predicted octanol–water partition coefficient (Wildman–Crippen LogP) is 4.84. The van der Waals surface area contributed by atoms with Crippen LogP contribution in [0.2, 0.25) is 0 Å². The third-order valence-electron chi connectivity index (χ3n) is 3.53. The highest BCUT2D eigenvalue weighted by atomic mass is 32.2. The van der Waals surface area contributed by atoms with Crippen LogP contribution in [0.25, 0.3) is 11.3 Å². The van der Waals surface area contributed by atoms with Crippen molar-refractivity contribution in [3.8, 4) is 17.0 Å². The summed E-state index contributed by atoms with van der Waals surface area (Å²) in [7, 11) is 0. The highest BCUT2D eigenvalue weighted by Gasteiger charge is 2.07. The normalized spacial score (nSPS) is 11.1. The maximum atomic E-state index is 12.0. The molecule has 1 heterocycles. The Morgan fingerprint density at radius 3 is 2.68 bits per heavy atom. The molecule has 144 valence electrons. The molecule has 0 aliphatic rings. The molecule has 0 spiro atoms.